The molecule has 5 nitrogen and oxygen atoms in total. The summed E-state index contributed by atoms with van der Waals surface area (Å²) in [6.45, 7) is 2.65. The van der Waals surface area contributed by atoms with Gasteiger partial charge >= 0.3 is 0 Å². The number of carbonyl (C=O) groups is 2. The molecular weight excluding hydrogens is 302 g/mol. The number of nitrogens with one attached hydrogen (secondary N) is 2. The first-order valence-electron chi connectivity index (χ1n) is 9.05. The number of hydrogen-bond donors (Lipinski definition) is 3. The van der Waals surface area contributed by atoms with E-state index in [1.54, 1.807) is 24.3 Å². The van der Waals surface area contributed by atoms with Gasteiger partial charge < -0.3 is 16.4 Å². The summed E-state index contributed by atoms with van der Waals surface area (Å²) < 4.78 is 0. The standard InChI is InChI=1S/C19H29N3O2/c1-2-11-21-18(23)15-9-6-10-16(13-15)22-19(24)17(20)12-14-7-4-3-5-8-14/h6,9-10,13-14,17H,2-5,7-8,11-12,20H2,1H3,(H,21,23)(H,22,24). The van der Waals surface area contributed by atoms with Gasteiger partial charge in [0.25, 0.3) is 5.91 Å². The number of carbonyl (C=O) groups excluding carboxylic acids is 2. The zero-order valence-corrected chi connectivity index (χ0v) is 14.5. The molecule has 1 aromatic rings. The van der Waals surface area contributed by atoms with E-state index >= 15 is 0 Å². The molecule has 2 amide bonds. The Kier molecular flexibility index (Phi) is 7.25. The smallest absolute Gasteiger partial charge is 0.251 e. The van der Waals surface area contributed by atoms with Crippen LogP contribution in [0.3, 0.4) is 0 Å². The minimum absolute atomic E-state index is 0.126. The fourth-order valence-electron chi connectivity index (χ4n) is 3.20. The molecule has 1 fully saturated rings. The predicted molar refractivity (Wildman–Crippen MR) is 96.9 cm³/mol. The van der Waals surface area contributed by atoms with Crippen molar-refractivity contribution in [2.75, 3.05) is 11.9 Å². The average Bonchev–Trinajstić information content (AvgIpc) is 2.60. The molecule has 0 saturated heterocycles. The Bertz CT molecular complexity index is 553. The minimum Gasteiger partial charge on any atom is -0.352 e. The molecule has 1 aromatic carbocycles. The zero-order chi connectivity index (χ0) is 17.4. The second-order valence-corrected chi connectivity index (χ2v) is 6.67. The highest BCUT2D eigenvalue weighted by molar-refractivity contribution is 5.98. The third-order valence-corrected chi connectivity index (χ3v) is 4.58. The predicted octanol–water partition coefficient (Wildman–Crippen LogP) is 3.06. The molecule has 1 atom stereocenters. The molecule has 1 unspecified atom stereocenters. The Labute approximate surface area is 144 Å². The first kappa shape index (κ1) is 18.5. The maximum atomic E-state index is 12.3. The average molecular weight is 331 g/mol. The van der Waals surface area contributed by atoms with Gasteiger partial charge in [-0.3, -0.25) is 9.59 Å². The second kappa shape index (κ2) is 9.42. The van der Waals surface area contributed by atoms with Gasteiger partial charge in [-0.25, -0.2) is 0 Å². The summed E-state index contributed by atoms with van der Waals surface area (Å²) in [6.07, 6.45) is 7.76. The van der Waals surface area contributed by atoms with Gasteiger partial charge in [0.05, 0.1) is 6.04 Å². The molecular formula is C19H29N3O2. The number of nitrogens with two attached hydrogens (primary N) is 1. The lowest BCUT2D eigenvalue weighted by Gasteiger charge is -2.24. The van der Waals surface area contributed by atoms with Gasteiger partial charge in [-0.1, -0.05) is 45.1 Å². The molecule has 1 aliphatic carbocycles. The molecule has 2 rings (SSSR count). The fraction of sp³-hybridized carbons (Fsp3) is 0.579. The van der Waals surface area contributed by atoms with Crippen molar-refractivity contribution >= 4 is 17.5 Å². The molecule has 24 heavy (non-hydrogen) atoms. The van der Waals surface area contributed by atoms with Crippen LogP contribution in [0.4, 0.5) is 5.69 Å². The van der Waals surface area contributed by atoms with Crippen LogP contribution < -0.4 is 16.4 Å². The second-order valence-electron chi connectivity index (χ2n) is 6.67. The van der Waals surface area contributed by atoms with E-state index in [1.165, 1.54) is 32.1 Å². The monoisotopic (exact) mass is 331 g/mol. The van der Waals surface area contributed by atoms with Gasteiger partial charge in [0, 0.05) is 17.8 Å². The quantitative estimate of drug-likeness (QED) is 0.718. The van der Waals surface area contributed by atoms with Gasteiger partial charge in [-0.15, -0.1) is 0 Å². The fourth-order valence-corrected chi connectivity index (χ4v) is 3.20. The summed E-state index contributed by atoms with van der Waals surface area (Å²) >= 11 is 0. The molecule has 132 valence electrons. The van der Waals surface area contributed by atoms with Crippen molar-refractivity contribution in [1.29, 1.82) is 0 Å². The number of rotatable bonds is 7. The van der Waals surface area contributed by atoms with Crippen molar-refractivity contribution in [3.05, 3.63) is 29.8 Å². The lowest BCUT2D eigenvalue weighted by Crippen LogP contribution is -2.37. The first-order valence-corrected chi connectivity index (χ1v) is 9.05. The maximum Gasteiger partial charge on any atom is 0.251 e. The van der Waals surface area contributed by atoms with Crippen LogP contribution in [0.2, 0.25) is 0 Å². The van der Waals surface area contributed by atoms with E-state index in [0.717, 1.165) is 12.8 Å². The summed E-state index contributed by atoms with van der Waals surface area (Å²) in [7, 11) is 0. The highest BCUT2D eigenvalue weighted by Crippen LogP contribution is 2.27. The molecule has 1 aliphatic rings. The Hall–Kier alpha value is -1.88. The first-order chi connectivity index (χ1) is 11.6. The van der Waals surface area contributed by atoms with Crippen molar-refractivity contribution in [3.8, 4) is 0 Å². The summed E-state index contributed by atoms with van der Waals surface area (Å²) in [5.41, 5.74) is 7.23. The highest BCUT2D eigenvalue weighted by Gasteiger charge is 2.21. The van der Waals surface area contributed by atoms with Crippen LogP contribution in [0.25, 0.3) is 0 Å². The summed E-state index contributed by atoms with van der Waals surface area (Å²) in [4.78, 5) is 24.3. The van der Waals surface area contributed by atoms with E-state index in [2.05, 4.69) is 10.6 Å². The number of amides is 2. The summed E-state index contributed by atoms with van der Waals surface area (Å²) in [6, 6.07) is 6.48. The lowest BCUT2D eigenvalue weighted by atomic mass is 9.85. The van der Waals surface area contributed by atoms with Crippen LogP contribution in [-0.2, 0) is 4.79 Å². The van der Waals surface area contributed by atoms with Crippen LogP contribution >= 0.6 is 0 Å². The van der Waals surface area contributed by atoms with Gasteiger partial charge in [-0.05, 0) is 37.0 Å². The van der Waals surface area contributed by atoms with Crippen LogP contribution in [0.1, 0.15) is 62.2 Å². The van der Waals surface area contributed by atoms with Crippen molar-refractivity contribution < 1.29 is 9.59 Å². The third kappa shape index (κ3) is 5.64. The van der Waals surface area contributed by atoms with Crippen molar-refractivity contribution in [2.24, 2.45) is 11.7 Å². The highest BCUT2D eigenvalue weighted by atomic mass is 16.2. The number of anilines is 1. The van der Waals surface area contributed by atoms with Crippen LogP contribution in [0, 0.1) is 5.92 Å². The van der Waals surface area contributed by atoms with E-state index in [4.69, 9.17) is 5.73 Å². The zero-order valence-electron chi connectivity index (χ0n) is 14.5. The molecule has 4 N–H and O–H groups in total. The van der Waals surface area contributed by atoms with E-state index in [0.29, 0.717) is 23.7 Å². The van der Waals surface area contributed by atoms with Crippen molar-refractivity contribution in [3.63, 3.8) is 0 Å². The molecule has 0 spiro atoms. The van der Waals surface area contributed by atoms with E-state index in [9.17, 15) is 9.59 Å². The molecule has 0 aromatic heterocycles. The van der Waals surface area contributed by atoms with Gasteiger partial charge in [-0.2, -0.15) is 0 Å². The van der Waals surface area contributed by atoms with Crippen molar-refractivity contribution in [1.82, 2.24) is 5.32 Å². The Balaban J connectivity index is 1.89. The number of benzene rings is 1. The van der Waals surface area contributed by atoms with Gasteiger partial charge in [0.2, 0.25) is 5.91 Å². The molecule has 0 radical (unpaired) electrons. The lowest BCUT2D eigenvalue weighted by molar-refractivity contribution is -0.117. The largest absolute Gasteiger partial charge is 0.352 e. The maximum absolute atomic E-state index is 12.3. The van der Waals surface area contributed by atoms with E-state index in [-0.39, 0.29) is 11.8 Å². The topological polar surface area (TPSA) is 84.2 Å². The third-order valence-electron chi connectivity index (χ3n) is 4.58. The van der Waals surface area contributed by atoms with Gasteiger partial charge in [0.1, 0.15) is 0 Å². The van der Waals surface area contributed by atoms with Crippen LogP contribution in [0.15, 0.2) is 24.3 Å². The number of hydrogen-bond acceptors (Lipinski definition) is 3. The minimum atomic E-state index is -0.495. The van der Waals surface area contributed by atoms with Crippen molar-refractivity contribution in [2.45, 2.75) is 57.9 Å². The van der Waals surface area contributed by atoms with E-state index < -0.39 is 6.04 Å². The van der Waals surface area contributed by atoms with Crippen LogP contribution in [0.5, 0.6) is 0 Å². The summed E-state index contributed by atoms with van der Waals surface area (Å²) in [5, 5.41) is 5.67. The Morgan fingerprint density at radius 1 is 1.25 bits per heavy atom. The Morgan fingerprint density at radius 3 is 2.71 bits per heavy atom. The molecule has 0 bridgehead atoms. The molecule has 0 heterocycles. The van der Waals surface area contributed by atoms with Crippen LogP contribution in [-0.4, -0.2) is 24.4 Å². The van der Waals surface area contributed by atoms with Gasteiger partial charge in [0.15, 0.2) is 0 Å². The molecule has 5 heteroatoms. The Morgan fingerprint density at radius 2 is 2.00 bits per heavy atom. The normalized spacial score (nSPS) is 16.4. The SMILES string of the molecule is CCCNC(=O)c1cccc(NC(=O)C(N)CC2CCCCC2)c1. The van der Waals surface area contributed by atoms with E-state index in [1.807, 2.05) is 6.92 Å². The molecule has 1 saturated carbocycles. The summed E-state index contributed by atoms with van der Waals surface area (Å²) in [5.74, 6) is 0.261. The molecule has 0 aliphatic heterocycles.